The van der Waals surface area contributed by atoms with Gasteiger partial charge in [0.15, 0.2) is 0 Å². The molecular weight excluding hydrogens is 454 g/mol. The molecule has 0 unspecified atom stereocenters. The molecule has 0 saturated carbocycles. The summed E-state index contributed by atoms with van der Waals surface area (Å²) in [4.78, 5) is 44.2. The highest BCUT2D eigenvalue weighted by Gasteiger charge is 2.26. The van der Waals surface area contributed by atoms with E-state index in [2.05, 4.69) is 20.9 Å². The second kappa shape index (κ2) is 12.1. The van der Waals surface area contributed by atoms with Crippen LogP contribution in [0.2, 0.25) is 0 Å². The van der Waals surface area contributed by atoms with Gasteiger partial charge in [-0.2, -0.15) is 0 Å². The topological polar surface area (TPSA) is 103 Å². The Bertz CT molecular complexity index is 1190. The molecule has 1 aliphatic rings. The Morgan fingerprint density at radius 3 is 2.36 bits per heavy atom. The quantitative estimate of drug-likeness (QED) is 0.452. The van der Waals surface area contributed by atoms with Crippen LogP contribution in [-0.2, 0) is 16.1 Å². The van der Waals surface area contributed by atoms with Crippen LogP contribution in [0.5, 0.6) is 0 Å². The fourth-order valence-corrected chi connectivity index (χ4v) is 4.18. The molecule has 1 saturated heterocycles. The van der Waals surface area contributed by atoms with Crippen molar-refractivity contribution in [3.05, 3.63) is 89.6 Å². The lowest BCUT2D eigenvalue weighted by molar-refractivity contribution is -0.121. The number of amides is 3. The van der Waals surface area contributed by atoms with Crippen molar-refractivity contribution >= 4 is 29.2 Å². The molecule has 0 spiro atoms. The van der Waals surface area contributed by atoms with Gasteiger partial charge in [-0.1, -0.05) is 48.0 Å². The number of benzene rings is 2. The number of likely N-dealkylation sites (tertiary alicyclic amines) is 1. The lowest BCUT2D eigenvalue weighted by Gasteiger charge is -2.30. The molecule has 2 aromatic carbocycles. The molecule has 0 bridgehead atoms. The predicted octanol–water partition coefficient (Wildman–Crippen LogP) is 3.61. The van der Waals surface area contributed by atoms with Crippen LogP contribution < -0.4 is 16.0 Å². The summed E-state index contributed by atoms with van der Waals surface area (Å²) in [6, 6.07) is 20.4. The van der Waals surface area contributed by atoms with Gasteiger partial charge in [0, 0.05) is 18.7 Å². The van der Waals surface area contributed by atoms with Crippen LogP contribution in [0.25, 0.3) is 0 Å². The van der Waals surface area contributed by atoms with Crippen molar-refractivity contribution < 1.29 is 14.4 Å². The van der Waals surface area contributed by atoms with Gasteiger partial charge < -0.3 is 16.0 Å². The van der Waals surface area contributed by atoms with E-state index in [0.717, 1.165) is 11.1 Å². The summed E-state index contributed by atoms with van der Waals surface area (Å²) in [7, 11) is 0. The van der Waals surface area contributed by atoms with Gasteiger partial charge in [0.05, 0.1) is 17.8 Å². The molecule has 3 amide bonds. The first-order chi connectivity index (χ1) is 17.5. The van der Waals surface area contributed by atoms with E-state index in [1.54, 1.807) is 42.6 Å². The van der Waals surface area contributed by atoms with E-state index in [-0.39, 0.29) is 30.2 Å². The fourth-order valence-electron chi connectivity index (χ4n) is 4.18. The van der Waals surface area contributed by atoms with Gasteiger partial charge in [-0.05, 0) is 62.7 Å². The lowest BCUT2D eigenvalue weighted by Crippen LogP contribution is -2.42. The van der Waals surface area contributed by atoms with E-state index < -0.39 is 0 Å². The highest BCUT2D eigenvalue weighted by Crippen LogP contribution is 2.20. The number of anilines is 2. The molecule has 0 radical (unpaired) electrons. The number of aromatic nitrogens is 1. The van der Waals surface area contributed by atoms with Gasteiger partial charge >= 0.3 is 0 Å². The van der Waals surface area contributed by atoms with Gasteiger partial charge in [0.1, 0.15) is 5.82 Å². The van der Waals surface area contributed by atoms with Crippen molar-refractivity contribution in [3.63, 3.8) is 0 Å². The second-order valence-corrected chi connectivity index (χ2v) is 9.02. The normalized spacial score (nSPS) is 14.1. The smallest absolute Gasteiger partial charge is 0.253 e. The molecular formula is C28H31N5O3. The number of nitrogens with one attached hydrogen (secondary N) is 3. The van der Waals surface area contributed by atoms with Gasteiger partial charge in [-0.3, -0.25) is 19.3 Å². The summed E-state index contributed by atoms with van der Waals surface area (Å²) in [5.41, 5.74) is 3.07. The number of pyridine rings is 1. The number of piperidine rings is 1. The highest BCUT2D eigenvalue weighted by atomic mass is 16.2. The molecule has 3 N–H and O–H groups in total. The molecule has 186 valence electrons. The molecule has 8 nitrogen and oxygen atoms in total. The first kappa shape index (κ1) is 25.1. The van der Waals surface area contributed by atoms with E-state index in [9.17, 15) is 14.4 Å². The van der Waals surface area contributed by atoms with Gasteiger partial charge in [-0.25, -0.2) is 4.98 Å². The first-order valence-corrected chi connectivity index (χ1v) is 12.1. The minimum Gasteiger partial charge on any atom is -0.348 e. The molecule has 3 aromatic rings. The first-order valence-electron chi connectivity index (χ1n) is 12.1. The summed E-state index contributed by atoms with van der Waals surface area (Å²) in [6.45, 7) is 3.92. The molecule has 1 fully saturated rings. The molecule has 36 heavy (non-hydrogen) atoms. The van der Waals surface area contributed by atoms with E-state index in [1.165, 1.54) is 0 Å². The Labute approximate surface area is 211 Å². The molecule has 0 aliphatic carbocycles. The minimum atomic E-state index is -0.244. The van der Waals surface area contributed by atoms with Crippen LogP contribution in [0.1, 0.15) is 34.3 Å². The Balaban J connectivity index is 1.25. The van der Waals surface area contributed by atoms with Crippen LogP contribution in [0.4, 0.5) is 11.5 Å². The van der Waals surface area contributed by atoms with Crippen LogP contribution >= 0.6 is 0 Å². The minimum absolute atomic E-state index is 0.0385. The number of para-hydroxylation sites is 1. The van der Waals surface area contributed by atoms with Crippen molar-refractivity contribution in [1.82, 2.24) is 15.2 Å². The van der Waals surface area contributed by atoms with E-state index in [0.29, 0.717) is 49.5 Å². The van der Waals surface area contributed by atoms with Crippen molar-refractivity contribution in [2.24, 2.45) is 5.92 Å². The van der Waals surface area contributed by atoms with Crippen LogP contribution in [0.15, 0.2) is 72.9 Å². The summed E-state index contributed by atoms with van der Waals surface area (Å²) >= 11 is 0. The summed E-state index contributed by atoms with van der Waals surface area (Å²) < 4.78 is 0. The van der Waals surface area contributed by atoms with Gasteiger partial charge in [0.25, 0.3) is 5.91 Å². The highest BCUT2D eigenvalue weighted by molar-refractivity contribution is 6.04. The maximum Gasteiger partial charge on any atom is 0.253 e. The number of aryl methyl sites for hydroxylation is 1. The zero-order valence-corrected chi connectivity index (χ0v) is 20.4. The summed E-state index contributed by atoms with van der Waals surface area (Å²) in [5, 5.41) is 8.66. The Morgan fingerprint density at radius 1 is 0.917 bits per heavy atom. The molecule has 0 atom stereocenters. The third kappa shape index (κ3) is 6.99. The Kier molecular flexibility index (Phi) is 8.41. The number of carbonyl (C=O) groups excluding carboxylic acids is 3. The monoisotopic (exact) mass is 485 g/mol. The maximum absolute atomic E-state index is 12.8. The van der Waals surface area contributed by atoms with E-state index in [4.69, 9.17) is 0 Å². The third-order valence-corrected chi connectivity index (χ3v) is 6.26. The second-order valence-electron chi connectivity index (χ2n) is 9.02. The maximum atomic E-state index is 12.8. The Hall–Kier alpha value is -4.04. The zero-order chi connectivity index (χ0) is 25.3. The van der Waals surface area contributed by atoms with Gasteiger partial charge in [0.2, 0.25) is 11.8 Å². The van der Waals surface area contributed by atoms with Crippen molar-refractivity contribution in [2.75, 3.05) is 30.3 Å². The predicted molar refractivity (Wildman–Crippen MR) is 139 cm³/mol. The molecule has 4 rings (SSSR count). The number of rotatable bonds is 8. The Morgan fingerprint density at radius 2 is 1.64 bits per heavy atom. The van der Waals surface area contributed by atoms with E-state index >= 15 is 0 Å². The third-order valence-electron chi connectivity index (χ3n) is 6.26. The average Bonchev–Trinajstić information content (AvgIpc) is 2.89. The standard InChI is InChI=1S/C28H31N5O3/c1-20-9-11-21(12-10-20)18-30-28(36)23-6-2-3-7-24(23)31-26(34)19-33-16-13-22(14-17-33)27(35)32-25-8-4-5-15-29-25/h2-12,15,22H,13-14,16-19H2,1H3,(H,30,36)(H,31,34)(H,29,32,35). The van der Waals surface area contributed by atoms with Crippen molar-refractivity contribution in [1.29, 1.82) is 0 Å². The summed E-state index contributed by atoms with van der Waals surface area (Å²) in [5.74, 6) is -0.0325. The molecule has 2 heterocycles. The zero-order valence-electron chi connectivity index (χ0n) is 20.4. The molecule has 1 aromatic heterocycles. The van der Waals surface area contributed by atoms with Gasteiger partial charge in [-0.15, -0.1) is 0 Å². The fraction of sp³-hybridized carbons (Fsp3) is 0.286. The number of hydrogen-bond donors (Lipinski definition) is 3. The van der Waals surface area contributed by atoms with Crippen LogP contribution in [0.3, 0.4) is 0 Å². The van der Waals surface area contributed by atoms with Crippen molar-refractivity contribution in [2.45, 2.75) is 26.3 Å². The lowest BCUT2D eigenvalue weighted by atomic mass is 9.96. The average molecular weight is 486 g/mol. The number of hydrogen-bond acceptors (Lipinski definition) is 5. The molecule has 1 aliphatic heterocycles. The largest absolute Gasteiger partial charge is 0.348 e. The van der Waals surface area contributed by atoms with Crippen molar-refractivity contribution in [3.8, 4) is 0 Å². The molecule has 8 heteroatoms. The summed E-state index contributed by atoms with van der Waals surface area (Å²) in [6.07, 6.45) is 2.98. The SMILES string of the molecule is Cc1ccc(CNC(=O)c2ccccc2NC(=O)CN2CCC(C(=O)Nc3ccccn3)CC2)cc1. The van der Waals surface area contributed by atoms with Crippen LogP contribution in [-0.4, -0.2) is 47.2 Å². The number of carbonyl (C=O) groups is 3. The number of nitrogens with zero attached hydrogens (tertiary/aromatic N) is 2. The van der Waals surface area contributed by atoms with Crippen LogP contribution in [0, 0.1) is 12.8 Å². The van der Waals surface area contributed by atoms with E-state index in [1.807, 2.05) is 42.2 Å².